The van der Waals surface area contributed by atoms with Crippen LogP contribution in [0.25, 0.3) is 0 Å². The van der Waals surface area contributed by atoms with Crippen LogP contribution in [-0.2, 0) is 0 Å². The first-order valence-electron chi connectivity index (χ1n) is 5.21. The normalized spacial score (nSPS) is 9.71. The number of carbonyl (C=O) groups is 1. The first kappa shape index (κ1) is 11.2. The standard InChI is InChI=1S/C14H12O3/c1-16-12-7-9-13(10-8-12)17-14(15)11-5-3-2-4-6-11/h2-10H,1H3. The molecule has 17 heavy (non-hydrogen) atoms. The van der Waals surface area contributed by atoms with Gasteiger partial charge in [0.1, 0.15) is 11.5 Å². The summed E-state index contributed by atoms with van der Waals surface area (Å²) in [5.41, 5.74) is 0.531. The molecule has 0 fully saturated rings. The number of hydrogen-bond acceptors (Lipinski definition) is 3. The fourth-order valence-corrected chi connectivity index (χ4v) is 1.38. The van der Waals surface area contributed by atoms with Gasteiger partial charge in [-0.2, -0.15) is 0 Å². The molecule has 0 saturated heterocycles. The minimum absolute atomic E-state index is 0.365. The van der Waals surface area contributed by atoms with Crippen LogP contribution in [0.4, 0.5) is 0 Å². The highest BCUT2D eigenvalue weighted by Gasteiger charge is 2.07. The van der Waals surface area contributed by atoms with E-state index in [1.807, 2.05) is 6.07 Å². The van der Waals surface area contributed by atoms with Crippen molar-refractivity contribution in [3.05, 3.63) is 60.2 Å². The van der Waals surface area contributed by atoms with Crippen molar-refractivity contribution < 1.29 is 14.3 Å². The summed E-state index contributed by atoms with van der Waals surface area (Å²) < 4.78 is 10.2. The average Bonchev–Trinajstić information content (AvgIpc) is 2.40. The topological polar surface area (TPSA) is 35.5 Å². The molecule has 0 radical (unpaired) electrons. The molecule has 0 aliphatic heterocycles. The molecule has 2 aromatic carbocycles. The molecule has 0 aliphatic rings. The SMILES string of the molecule is COc1ccc(OC(=O)c2ccccc2)cc1. The molecule has 0 saturated carbocycles. The van der Waals surface area contributed by atoms with Crippen molar-refractivity contribution >= 4 is 5.97 Å². The van der Waals surface area contributed by atoms with Gasteiger partial charge in [-0.25, -0.2) is 4.79 Å². The molecule has 0 heterocycles. The van der Waals surface area contributed by atoms with Crippen LogP contribution in [0.5, 0.6) is 11.5 Å². The molecule has 2 aromatic rings. The molecule has 2 rings (SSSR count). The highest BCUT2D eigenvalue weighted by molar-refractivity contribution is 5.90. The van der Waals surface area contributed by atoms with Crippen molar-refractivity contribution in [3.8, 4) is 11.5 Å². The van der Waals surface area contributed by atoms with Crippen molar-refractivity contribution in [2.45, 2.75) is 0 Å². The van der Waals surface area contributed by atoms with Crippen molar-refractivity contribution in [1.82, 2.24) is 0 Å². The van der Waals surface area contributed by atoms with Crippen LogP contribution < -0.4 is 9.47 Å². The maximum absolute atomic E-state index is 11.7. The number of carbonyl (C=O) groups excluding carboxylic acids is 1. The zero-order valence-corrected chi connectivity index (χ0v) is 9.42. The van der Waals surface area contributed by atoms with Crippen molar-refractivity contribution in [3.63, 3.8) is 0 Å². The smallest absolute Gasteiger partial charge is 0.343 e. The van der Waals surface area contributed by atoms with E-state index in [1.165, 1.54) is 0 Å². The Hall–Kier alpha value is -2.29. The Labute approximate surface area is 99.6 Å². The Morgan fingerprint density at radius 1 is 0.882 bits per heavy atom. The van der Waals surface area contributed by atoms with Gasteiger partial charge >= 0.3 is 5.97 Å². The minimum Gasteiger partial charge on any atom is -0.497 e. The maximum Gasteiger partial charge on any atom is 0.343 e. The van der Waals surface area contributed by atoms with E-state index in [9.17, 15) is 4.79 Å². The van der Waals surface area contributed by atoms with Gasteiger partial charge in [0.2, 0.25) is 0 Å². The van der Waals surface area contributed by atoms with Crippen LogP contribution in [0, 0.1) is 0 Å². The molecule has 0 spiro atoms. The molecular weight excluding hydrogens is 216 g/mol. The van der Waals surface area contributed by atoms with Crippen LogP contribution >= 0.6 is 0 Å². The lowest BCUT2D eigenvalue weighted by Gasteiger charge is -2.05. The predicted molar refractivity (Wildman–Crippen MR) is 64.4 cm³/mol. The summed E-state index contributed by atoms with van der Waals surface area (Å²) >= 11 is 0. The predicted octanol–water partition coefficient (Wildman–Crippen LogP) is 2.91. The van der Waals surface area contributed by atoms with E-state index in [-0.39, 0.29) is 5.97 Å². The molecule has 0 amide bonds. The Kier molecular flexibility index (Phi) is 3.40. The summed E-state index contributed by atoms with van der Waals surface area (Å²) in [6.45, 7) is 0. The van der Waals surface area contributed by atoms with E-state index in [1.54, 1.807) is 55.6 Å². The quantitative estimate of drug-likeness (QED) is 0.598. The summed E-state index contributed by atoms with van der Waals surface area (Å²) in [6, 6.07) is 15.7. The first-order chi connectivity index (χ1) is 8.29. The summed E-state index contributed by atoms with van der Waals surface area (Å²) in [4.78, 5) is 11.7. The number of hydrogen-bond donors (Lipinski definition) is 0. The third-order valence-corrected chi connectivity index (χ3v) is 2.28. The second-order valence-corrected chi connectivity index (χ2v) is 3.43. The lowest BCUT2D eigenvalue weighted by Crippen LogP contribution is -2.07. The molecule has 3 nitrogen and oxygen atoms in total. The lowest BCUT2D eigenvalue weighted by atomic mass is 10.2. The molecule has 0 unspecified atom stereocenters. The third-order valence-electron chi connectivity index (χ3n) is 2.28. The fourth-order valence-electron chi connectivity index (χ4n) is 1.38. The summed E-state index contributed by atoms with van der Waals surface area (Å²) in [6.07, 6.45) is 0. The molecular formula is C14H12O3. The Balaban J connectivity index is 2.08. The zero-order chi connectivity index (χ0) is 12.1. The number of esters is 1. The Morgan fingerprint density at radius 3 is 2.06 bits per heavy atom. The van der Waals surface area contributed by atoms with Gasteiger partial charge in [0.15, 0.2) is 0 Å². The number of methoxy groups -OCH3 is 1. The van der Waals surface area contributed by atoms with E-state index in [0.29, 0.717) is 11.3 Å². The Bertz CT molecular complexity index is 489. The van der Waals surface area contributed by atoms with Crippen molar-refractivity contribution in [1.29, 1.82) is 0 Å². The Morgan fingerprint density at radius 2 is 1.47 bits per heavy atom. The summed E-state index contributed by atoms with van der Waals surface area (Å²) in [7, 11) is 1.59. The van der Waals surface area contributed by atoms with Gasteiger partial charge in [-0.05, 0) is 36.4 Å². The first-order valence-corrected chi connectivity index (χ1v) is 5.21. The number of ether oxygens (including phenoxy) is 2. The van der Waals surface area contributed by atoms with Crippen molar-refractivity contribution in [2.75, 3.05) is 7.11 Å². The van der Waals surface area contributed by atoms with Gasteiger partial charge in [-0.1, -0.05) is 18.2 Å². The van der Waals surface area contributed by atoms with E-state index >= 15 is 0 Å². The number of benzene rings is 2. The molecule has 3 heteroatoms. The molecule has 0 aromatic heterocycles. The van der Waals surface area contributed by atoms with Gasteiger partial charge in [0, 0.05) is 0 Å². The summed E-state index contributed by atoms with van der Waals surface area (Å²) in [5, 5.41) is 0. The van der Waals surface area contributed by atoms with Crippen LogP contribution in [0.15, 0.2) is 54.6 Å². The van der Waals surface area contributed by atoms with Crippen LogP contribution in [0.2, 0.25) is 0 Å². The van der Waals surface area contributed by atoms with E-state index in [2.05, 4.69) is 0 Å². The van der Waals surface area contributed by atoms with Gasteiger partial charge in [-0.3, -0.25) is 0 Å². The van der Waals surface area contributed by atoms with E-state index < -0.39 is 0 Å². The van der Waals surface area contributed by atoms with Gasteiger partial charge in [0.25, 0.3) is 0 Å². The van der Waals surface area contributed by atoms with E-state index in [4.69, 9.17) is 9.47 Å². The highest BCUT2D eigenvalue weighted by Crippen LogP contribution is 2.18. The maximum atomic E-state index is 11.7. The second-order valence-electron chi connectivity index (χ2n) is 3.43. The van der Waals surface area contributed by atoms with Crippen LogP contribution in [-0.4, -0.2) is 13.1 Å². The van der Waals surface area contributed by atoms with Gasteiger partial charge in [-0.15, -0.1) is 0 Å². The molecule has 0 aliphatic carbocycles. The lowest BCUT2D eigenvalue weighted by molar-refractivity contribution is 0.0734. The average molecular weight is 228 g/mol. The number of rotatable bonds is 3. The largest absolute Gasteiger partial charge is 0.497 e. The molecule has 86 valence electrons. The fraction of sp³-hybridized carbons (Fsp3) is 0.0714. The third kappa shape index (κ3) is 2.84. The van der Waals surface area contributed by atoms with Crippen LogP contribution in [0.3, 0.4) is 0 Å². The van der Waals surface area contributed by atoms with Gasteiger partial charge in [0.05, 0.1) is 12.7 Å². The zero-order valence-electron chi connectivity index (χ0n) is 9.42. The highest BCUT2D eigenvalue weighted by atomic mass is 16.5. The molecule has 0 N–H and O–H groups in total. The summed E-state index contributed by atoms with van der Waals surface area (Å²) in [5.74, 6) is 0.861. The van der Waals surface area contributed by atoms with Gasteiger partial charge < -0.3 is 9.47 Å². The van der Waals surface area contributed by atoms with Crippen LogP contribution in [0.1, 0.15) is 10.4 Å². The molecule has 0 bridgehead atoms. The van der Waals surface area contributed by atoms with E-state index in [0.717, 1.165) is 5.75 Å². The van der Waals surface area contributed by atoms with Crippen molar-refractivity contribution in [2.24, 2.45) is 0 Å². The second kappa shape index (κ2) is 5.16. The minimum atomic E-state index is -0.365. The molecule has 0 atom stereocenters. The monoisotopic (exact) mass is 228 g/mol.